The predicted octanol–water partition coefficient (Wildman–Crippen LogP) is 17.3. The average molecular weight is 1230 g/mol. The SMILES string of the molecule is CCCCCCCCCCCCOP1OCC2(CO1)COP(OCCCCCCCCCCCC)OC2.COP1OCC2(CO1)COP(OC)OC2C1OP(Oc2ccc(C)cc2)OCC12COP(Oc1ccc(C)cc1)OC2. The lowest BCUT2D eigenvalue weighted by atomic mass is 9.72. The molecule has 3 spiro atoms. The Morgan fingerprint density at radius 3 is 1.05 bits per heavy atom. The third kappa shape index (κ3) is 22.3. The molecule has 79 heavy (non-hydrogen) atoms. The van der Waals surface area contributed by atoms with Gasteiger partial charge in [0, 0.05) is 14.2 Å². The van der Waals surface area contributed by atoms with E-state index < -0.39 is 74.7 Å². The summed E-state index contributed by atoms with van der Waals surface area (Å²) in [4.78, 5) is 0. The van der Waals surface area contributed by atoms with Crippen LogP contribution >= 0.6 is 51.6 Å². The molecule has 18 nitrogen and oxygen atoms in total. The summed E-state index contributed by atoms with van der Waals surface area (Å²) in [5, 5.41) is 0. The van der Waals surface area contributed by atoms with Crippen LogP contribution in [-0.2, 0) is 72.4 Å². The van der Waals surface area contributed by atoms with Crippen LogP contribution in [0.2, 0.25) is 0 Å². The predicted molar refractivity (Wildman–Crippen MR) is 311 cm³/mol. The van der Waals surface area contributed by atoms with E-state index in [4.69, 9.17) is 81.4 Å². The van der Waals surface area contributed by atoms with Crippen LogP contribution in [0.5, 0.6) is 11.5 Å². The fourth-order valence-corrected chi connectivity index (χ4v) is 16.7. The van der Waals surface area contributed by atoms with Gasteiger partial charge < -0.3 is 76.9 Å². The zero-order chi connectivity index (χ0) is 55.4. The number of aryl methyl sites for hydroxylation is 2. The van der Waals surface area contributed by atoms with Crippen molar-refractivity contribution >= 4 is 51.6 Å². The van der Waals surface area contributed by atoms with Crippen molar-refractivity contribution in [3.05, 3.63) is 59.7 Å². The second-order valence-electron chi connectivity index (χ2n) is 21.6. The van der Waals surface area contributed by atoms with Gasteiger partial charge in [-0.05, 0) is 51.0 Å². The molecule has 6 aliphatic rings. The second-order valence-corrected chi connectivity index (χ2v) is 28.9. The number of benzene rings is 2. The Hall–Kier alpha value is -0.0200. The molecule has 24 heteroatoms. The summed E-state index contributed by atoms with van der Waals surface area (Å²) in [6.07, 6.45) is 25.3. The van der Waals surface area contributed by atoms with Gasteiger partial charge in [0.1, 0.15) is 23.7 Å². The lowest BCUT2D eigenvalue weighted by molar-refractivity contribution is -0.203. The summed E-state index contributed by atoms with van der Waals surface area (Å²) in [5.74, 6) is 1.32. The molecule has 0 amide bonds. The van der Waals surface area contributed by atoms with E-state index >= 15 is 0 Å². The topological polar surface area (TPSA) is 166 Å². The first kappa shape index (κ1) is 66.5. The van der Waals surface area contributed by atoms with E-state index in [0.29, 0.717) is 37.9 Å². The summed E-state index contributed by atoms with van der Waals surface area (Å²) in [6.45, 7) is 13.9. The number of rotatable bonds is 31. The monoisotopic (exact) mass is 1230 g/mol. The fraction of sp³-hybridized carbons (Fsp3) is 0.782. The van der Waals surface area contributed by atoms with Gasteiger partial charge in [-0.25, -0.2) is 0 Å². The summed E-state index contributed by atoms with van der Waals surface area (Å²) >= 11 is 0. The number of unbranched alkanes of at least 4 members (excludes halogenated alkanes) is 18. The molecule has 4 unspecified atom stereocenters. The maximum atomic E-state index is 6.66. The summed E-state index contributed by atoms with van der Waals surface area (Å²) in [5.41, 5.74) is 0.571. The van der Waals surface area contributed by atoms with Gasteiger partial charge in [0.15, 0.2) is 0 Å². The minimum Gasteiger partial charge on any atom is -0.427 e. The zero-order valence-corrected chi connectivity index (χ0v) is 53.3. The van der Waals surface area contributed by atoms with Crippen LogP contribution in [0.25, 0.3) is 0 Å². The van der Waals surface area contributed by atoms with Crippen LogP contribution < -0.4 is 9.05 Å². The third-order valence-electron chi connectivity index (χ3n) is 14.6. The van der Waals surface area contributed by atoms with Gasteiger partial charge in [-0.15, -0.1) is 0 Å². The van der Waals surface area contributed by atoms with Gasteiger partial charge in [-0.3, -0.25) is 4.52 Å². The van der Waals surface area contributed by atoms with Gasteiger partial charge in [0.2, 0.25) is 0 Å². The first-order valence-electron chi connectivity index (χ1n) is 28.9. The Balaban J connectivity index is 0.000000231. The lowest BCUT2D eigenvalue weighted by Crippen LogP contribution is -2.64. The molecule has 0 bridgehead atoms. The number of hydrogen-bond acceptors (Lipinski definition) is 18. The average Bonchev–Trinajstić information content (AvgIpc) is 3.66. The maximum Gasteiger partial charge on any atom is 0.397 e. The molecule has 0 aliphatic carbocycles. The van der Waals surface area contributed by atoms with Gasteiger partial charge in [0.05, 0.1) is 95.5 Å². The molecule has 0 saturated carbocycles. The molecule has 6 heterocycles. The molecule has 6 fully saturated rings. The van der Waals surface area contributed by atoms with Crippen molar-refractivity contribution in [1.82, 2.24) is 0 Å². The highest BCUT2D eigenvalue weighted by Gasteiger charge is 2.63. The molecule has 2 aromatic carbocycles. The molecule has 4 atom stereocenters. The van der Waals surface area contributed by atoms with Crippen LogP contribution in [0.1, 0.15) is 153 Å². The van der Waals surface area contributed by atoms with Crippen molar-refractivity contribution in [2.75, 3.05) is 93.5 Å². The first-order valence-corrected chi connectivity index (χ1v) is 35.5. The molecule has 450 valence electrons. The van der Waals surface area contributed by atoms with E-state index in [1.165, 1.54) is 116 Å². The fourth-order valence-electron chi connectivity index (χ4n) is 9.49. The summed E-state index contributed by atoms with van der Waals surface area (Å²) in [7, 11) is -5.87. The maximum absolute atomic E-state index is 6.66. The quantitative estimate of drug-likeness (QED) is 0.0516. The highest BCUT2D eigenvalue weighted by Crippen LogP contribution is 2.63. The minimum atomic E-state index is -1.79. The van der Waals surface area contributed by atoms with E-state index in [1.807, 2.05) is 62.4 Å². The van der Waals surface area contributed by atoms with Gasteiger partial charge >= 0.3 is 51.6 Å². The van der Waals surface area contributed by atoms with Crippen LogP contribution in [0.4, 0.5) is 0 Å². The van der Waals surface area contributed by atoms with Gasteiger partial charge in [-0.2, -0.15) is 0 Å². The highest BCUT2D eigenvalue weighted by molar-refractivity contribution is 7.43. The van der Waals surface area contributed by atoms with E-state index in [9.17, 15) is 0 Å². The Labute approximate surface area is 480 Å². The van der Waals surface area contributed by atoms with E-state index in [-0.39, 0.29) is 45.1 Å². The summed E-state index contributed by atoms with van der Waals surface area (Å²) in [6, 6.07) is 15.5. The van der Waals surface area contributed by atoms with Crippen LogP contribution in [0, 0.1) is 30.1 Å². The van der Waals surface area contributed by atoms with E-state index in [2.05, 4.69) is 13.8 Å². The smallest absolute Gasteiger partial charge is 0.397 e. The zero-order valence-electron chi connectivity index (χ0n) is 47.9. The van der Waals surface area contributed by atoms with Crippen molar-refractivity contribution in [1.29, 1.82) is 0 Å². The Morgan fingerprint density at radius 1 is 0.367 bits per heavy atom. The molecular weight excluding hydrogens is 1130 g/mol. The van der Waals surface area contributed by atoms with Gasteiger partial charge in [-0.1, -0.05) is 165 Å². The van der Waals surface area contributed by atoms with E-state index in [1.54, 1.807) is 14.2 Å². The molecule has 2 aromatic rings. The Morgan fingerprint density at radius 2 is 0.671 bits per heavy atom. The highest BCUT2D eigenvalue weighted by atomic mass is 31.2. The van der Waals surface area contributed by atoms with Crippen molar-refractivity contribution in [3.63, 3.8) is 0 Å². The molecule has 0 N–H and O–H groups in total. The standard InChI is InChI=1S/C29H58O6P2.C26H34O12P4/c1-3-5-7-9-11-13-15-17-19-21-23-30-36-32-25-29(26-33-36)27-34-37(35-28-29)31-24-22-20-18-16-14-12-10-8-6-4-2;1-19-5-9-21(10-6-19)35-41-32-16-26(17-33-41)18-34-42(36-22-11-7-20(2)8-12-22)38-24(26)23-25(15-31-40(28-4)37-23)13-29-39(27-3)30-14-25/h3-28H2,1-2H3;5-12,23-24H,13-18H2,1-4H3. The van der Waals surface area contributed by atoms with E-state index in [0.717, 1.165) is 37.2 Å². The molecular formula is C55H92O18P6. The second kappa shape index (κ2) is 36.9. The van der Waals surface area contributed by atoms with Crippen LogP contribution in [0.3, 0.4) is 0 Å². The lowest BCUT2D eigenvalue weighted by Gasteiger charge is -2.55. The van der Waals surface area contributed by atoms with Crippen molar-refractivity contribution in [2.24, 2.45) is 16.2 Å². The molecule has 0 aromatic heterocycles. The molecule has 0 radical (unpaired) electrons. The molecule has 6 saturated heterocycles. The van der Waals surface area contributed by atoms with Crippen molar-refractivity contribution in [3.8, 4) is 11.5 Å². The number of hydrogen-bond donors (Lipinski definition) is 0. The van der Waals surface area contributed by atoms with Gasteiger partial charge in [0.25, 0.3) is 0 Å². The molecule has 6 aliphatic heterocycles. The normalized spacial score (nSPS) is 31.0. The Bertz CT molecular complexity index is 1840. The largest absolute Gasteiger partial charge is 0.427 e. The van der Waals surface area contributed by atoms with Crippen molar-refractivity contribution < 1.29 is 81.4 Å². The third-order valence-corrected chi connectivity index (χ3v) is 20.9. The van der Waals surface area contributed by atoms with Crippen LogP contribution in [0.15, 0.2) is 48.5 Å². The minimum absolute atomic E-state index is 0.224. The molecule has 8 rings (SSSR count). The van der Waals surface area contributed by atoms with Crippen LogP contribution in [-0.4, -0.2) is 106 Å². The Kier molecular flexibility index (Phi) is 31.0. The summed E-state index contributed by atoms with van der Waals surface area (Å²) < 4.78 is 108. The van der Waals surface area contributed by atoms with Crippen molar-refractivity contribution in [2.45, 2.75) is 168 Å². The first-order chi connectivity index (χ1) is 38.7.